The molecule has 2 heterocycles. The summed E-state index contributed by atoms with van der Waals surface area (Å²) in [5.74, 6) is 2.25. The van der Waals surface area contributed by atoms with Crippen molar-refractivity contribution < 1.29 is 14.3 Å². The van der Waals surface area contributed by atoms with Gasteiger partial charge in [-0.1, -0.05) is 38.1 Å². The summed E-state index contributed by atoms with van der Waals surface area (Å²) in [6.07, 6.45) is 2.02. The van der Waals surface area contributed by atoms with Gasteiger partial charge in [0.05, 0.1) is 18.8 Å². The van der Waals surface area contributed by atoms with Gasteiger partial charge in [-0.3, -0.25) is 4.79 Å². The molecular formula is C21H29N5O3S. The summed E-state index contributed by atoms with van der Waals surface area (Å²) in [5, 5.41) is 8.42. The van der Waals surface area contributed by atoms with E-state index in [1.54, 1.807) is 4.68 Å². The van der Waals surface area contributed by atoms with E-state index in [0.717, 1.165) is 24.2 Å². The normalized spacial score (nSPS) is 15.5. The Labute approximate surface area is 181 Å². The standard InChI is InChI=1S/C21H29N5O3S/c1-5-8-11-29-15-10-9-14(12-16(15)28-6-2)18-17(19(22)27)13(4)23-20-24-21(30-7-3)25-26(18)20/h9-10,12,18H,5-8,11H2,1-4H3,(H2,22,27)(H,23,24,25). The zero-order chi connectivity index (χ0) is 21.7. The van der Waals surface area contributed by atoms with Gasteiger partial charge in [0, 0.05) is 5.70 Å². The van der Waals surface area contributed by atoms with Crippen molar-refractivity contribution in [2.45, 2.75) is 51.7 Å². The van der Waals surface area contributed by atoms with Crippen LogP contribution in [0.25, 0.3) is 0 Å². The molecule has 0 spiro atoms. The molecule has 0 radical (unpaired) electrons. The van der Waals surface area contributed by atoms with Crippen LogP contribution < -0.4 is 20.5 Å². The maximum absolute atomic E-state index is 12.3. The quantitative estimate of drug-likeness (QED) is 0.436. The summed E-state index contributed by atoms with van der Waals surface area (Å²) >= 11 is 1.54. The Morgan fingerprint density at radius 2 is 2.07 bits per heavy atom. The molecule has 0 aliphatic carbocycles. The Bertz CT molecular complexity index is 941. The second-order valence-corrected chi connectivity index (χ2v) is 8.10. The van der Waals surface area contributed by atoms with E-state index < -0.39 is 11.9 Å². The average Bonchev–Trinajstić information content (AvgIpc) is 3.10. The third-order valence-electron chi connectivity index (χ3n) is 4.71. The van der Waals surface area contributed by atoms with Crippen LogP contribution in [0.4, 0.5) is 5.95 Å². The summed E-state index contributed by atoms with van der Waals surface area (Å²) in [7, 11) is 0. The number of allylic oxidation sites excluding steroid dienone is 1. The Morgan fingerprint density at radius 3 is 2.73 bits per heavy atom. The number of aromatic nitrogens is 3. The number of hydrogen-bond acceptors (Lipinski definition) is 7. The minimum Gasteiger partial charge on any atom is -0.490 e. The number of anilines is 1. The van der Waals surface area contributed by atoms with E-state index in [1.807, 2.05) is 39.0 Å². The Kier molecular flexibility index (Phi) is 7.25. The summed E-state index contributed by atoms with van der Waals surface area (Å²) in [6.45, 7) is 9.04. The first-order chi connectivity index (χ1) is 14.5. The number of ether oxygens (including phenoxy) is 2. The van der Waals surface area contributed by atoms with E-state index in [9.17, 15) is 4.79 Å². The number of carbonyl (C=O) groups is 1. The SMILES string of the molecule is CCCCOc1ccc(C2C(C(N)=O)=C(C)Nc3nc(SCC)nn32)cc1OCC. The first-order valence-electron chi connectivity index (χ1n) is 10.3. The summed E-state index contributed by atoms with van der Waals surface area (Å²) < 4.78 is 13.4. The van der Waals surface area contributed by atoms with E-state index in [2.05, 4.69) is 22.3 Å². The summed E-state index contributed by atoms with van der Waals surface area (Å²) in [6, 6.07) is 5.20. The third-order valence-corrected chi connectivity index (χ3v) is 5.43. The molecule has 0 saturated carbocycles. The van der Waals surface area contributed by atoms with Crippen molar-refractivity contribution in [2.24, 2.45) is 5.73 Å². The lowest BCUT2D eigenvalue weighted by atomic mass is 9.95. The fourth-order valence-corrected chi connectivity index (χ4v) is 3.91. The molecule has 2 aromatic rings. The second kappa shape index (κ2) is 9.88. The molecule has 3 N–H and O–H groups in total. The molecule has 162 valence electrons. The Balaban J connectivity index is 2.06. The van der Waals surface area contributed by atoms with Gasteiger partial charge in [-0.2, -0.15) is 4.98 Å². The zero-order valence-corrected chi connectivity index (χ0v) is 18.7. The number of primary amides is 1. The Hall–Kier alpha value is -2.68. The van der Waals surface area contributed by atoms with E-state index >= 15 is 0 Å². The number of thioether (sulfide) groups is 1. The van der Waals surface area contributed by atoms with Crippen molar-refractivity contribution >= 4 is 23.6 Å². The van der Waals surface area contributed by atoms with Crippen LogP contribution in [0, 0.1) is 0 Å². The lowest BCUT2D eigenvalue weighted by Gasteiger charge is -2.28. The van der Waals surface area contributed by atoms with Crippen LogP contribution in [-0.4, -0.2) is 39.6 Å². The highest BCUT2D eigenvalue weighted by Gasteiger charge is 2.33. The molecular weight excluding hydrogens is 402 g/mol. The second-order valence-electron chi connectivity index (χ2n) is 6.87. The minimum atomic E-state index is -0.503. The number of amides is 1. The van der Waals surface area contributed by atoms with E-state index in [-0.39, 0.29) is 0 Å². The van der Waals surface area contributed by atoms with Crippen molar-refractivity contribution in [3.63, 3.8) is 0 Å². The highest BCUT2D eigenvalue weighted by molar-refractivity contribution is 7.99. The number of nitrogens with one attached hydrogen (secondary N) is 1. The summed E-state index contributed by atoms with van der Waals surface area (Å²) in [5.41, 5.74) is 7.70. The molecule has 1 aliphatic rings. The van der Waals surface area contributed by atoms with Crippen molar-refractivity contribution in [3.8, 4) is 11.5 Å². The van der Waals surface area contributed by atoms with Gasteiger partial charge in [0.25, 0.3) is 0 Å². The van der Waals surface area contributed by atoms with Crippen LogP contribution in [0.3, 0.4) is 0 Å². The topological polar surface area (TPSA) is 104 Å². The molecule has 3 rings (SSSR count). The van der Waals surface area contributed by atoms with Gasteiger partial charge in [-0.25, -0.2) is 4.68 Å². The fourth-order valence-electron chi connectivity index (χ4n) is 3.36. The Morgan fingerprint density at radius 1 is 1.27 bits per heavy atom. The van der Waals surface area contributed by atoms with Crippen LogP contribution >= 0.6 is 11.8 Å². The molecule has 1 aromatic heterocycles. The number of carbonyl (C=O) groups excluding carboxylic acids is 1. The highest BCUT2D eigenvalue weighted by atomic mass is 32.2. The molecule has 1 atom stereocenters. The monoisotopic (exact) mass is 431 g/mol. The number of nitrogens with zero attached hydrogens (tertiary/aromatic N) is 3. The van der Waals surface area contributed by atoms with Crippen molar-refractivity contribution in [3.05, 3.63) is 35.0 Å². The maximum Gasteiger partial charge on any atom is 0.248 e. The van der Waals surface area contributed by atoms with Gasteiger partial charge in [0.2, 0.25) is 17.0 Å². The number of nitrogens with two attached hydrogens (primary N) is 1. The van der Waals surface area contributed by atoms with Gasteiger partial charge in [0.15, 0.2) is 11.5 Å². The van der Waals surface area contributed by atoms with Crippen LogP contribution in [0.15, 0.2) is 34.6 Å². The molecule has 1 aliphatic heterocycles. The molecule has 0 saturated heterocycles. The first kappa shape index (κ1) is 22.0. The van der Waals surface area contributed by atoms with Crippen LogP contribution in [0.5, 0.6) is 11.5 Å². The van der Waals surface area contributed by atoms with E-state index in [4.69, 9.17) is 15.2 Å². The van der Waals surface area contributed by atoms with Crippen molar-refractivity contribution in [2.75, 3.05) is 24.3 Å². The molecule has 0 bridgehead atoms. The predicted molar refractivity (Wildman–Crippen MR) is 118 cm³/mol. The number of fused-ring (bicyclic) bond motifs is 1. The van der Waals surface area contributed by atoms with Gasteiger partial charge in [0.1, 0.15) is 6.04 Å². The molecule has 1 amide bonds. The molecule has 9 heteroatoms. The van der Waals surface area contributed by atoms with Gasteiger partial charge < -0.3 is 20.5 Å². The molecule has 8 nitrogen and oxygen atoms in total. The van der Waals surface area contributed by atoms with Crippen LogP contribution in [-0.2, 0) is 4.79 Å². The van der Waals surface area contributed by atoms with Crippen LogP contribution in [0.1, 0.15) is 52.1 Å². The van der Waals surface area contributed by atoms with Gasteiger partial charge >= 0.3 is 0 Å². The number of rotatable bonds is 10. The number of benzene rings is 1. The minimum absolute atomic E-state index is 0.447. The van der Waals surface area contributed by atoms with E-state index in [0.29, 0.717) is 47.1 Å². The smallest absolute Gasteiger partial charge is 0.248 e. The molecule has 0 fully saturated rings. The third kappa shape index (κ3) is 4.56. The predicted octanol–water partition coefficient (Wildman–Crippen LogP) is 3.74. The summed E-state index contributed by atoms with van der Waals surface area (Å²) in [4.78, 5) is 16.9. The van der Waals surface area contributed by atoms with Gasteiger partial charge in [-0.15, -0.1) is 5.10 Å². The first-order valence-corrected chi connectivity index (χ1v) is 11.2. The van der Waals surface area contributed by atoms with Gasteiger partial charge in [-0.05, 0) is 43.7 Å². The highest BCUT2D eigenvalue weighted by Crippen LogP contribution is 2.39. The van der Waals surface area contributed by atoms with E-state index in [1.165, 1.54) is 11.8 Å². The van der Waals surface area contributed by atoms with Crippen molar-refractivity contribution in [1.82, 2.24) is 14.8 Å². The molecule has 1 unspecified atom stereocenters. The maximum atomic E-state index is 12.3. The van der Waals surface area contributed by atoms with Crippen LogP contribution in [0.2, 0.25) is 0 Å². The number of unbranched alkanes of at least 4 members (excludes halogenated alkanes) is 1. The number of hydrogen-bond donors (Lipinski definition) is 2. The fraction of sp³-hybridized carbons (Fsp3) is 0.476. The largest absolute Gasteiger partial charge is 0.490 e. The lowest BCUT2D eigenvalue weighted by molar-refractivity contribution is -0.115. The van der Waals surface area contributed by atoms with Crippen molar-refractivity contribution in [1.29, 1.82) is 0 Å². The molecule has 30 heavy (non-hydrogen) atoms. The average molecular weight is 432 g/mol. The lowest BCUT2D eigenvalue weighted by Crippen LogP contribution is -2.31. The zero-order valence-electron chi connectivity index (χ0n) is 17.9. The molecule has 1 aromatic carbocycles.